The Hall–Kier alpha value is -4.41. The number of nitrogens with zero attached hydrogens (tertiary/aromatic N) is 2. The predicted molar refractivity (Wildman–Crippen MR) is 149 cm³/mol. The highest BCUT2D eigenvalue weighted by molar-refractivity contribution is 7.90. The first kappa shape index (κ1) is 29.6. The molecule has 2 aliphatic rings. The Morgan fingerprint density at radius 1 is 1.00 bits per heavy atom. The number of carbonyl (C=O) groups excluding carboxylic acids is 2. The monoisotopic (exact) mass is 620 g/mol. The molecule has 16 heteroatoms. The summed E-state index contributed by atoms with van der Waals surface area (Å²) in [5.74, 6) is -2.47. The number of rotatable bonds is 4. The number of hydrogen-bond donors (Lipinski definition) is 4. The van der Waals surface area contributed by atoms with E-state index in [2.05, 4.69) is 15.0 Å². The first-order valence-corrected chi connectivity index (χ1v) is 15.5. The van der Waals surface area contributed by atoms with Crippen LogP contribution in [0.15, 0.2) is 75.9 Å². The molecule has 13 nitrogen and oxygen atoms in total. The van der Waals surface area contributed by atoms with Gasteiger partial charge in [-0.2, -0.15) is 0 Å². The van der Waals surface area contributed by atoms with Gasteiger partial charge in [0, 0.05) is 28.7 Å². The van der Waals surface area contributed by atoms with Gasteiger partial charge in [0.1, 0.15) is 0 Å². The number of aliphatic hydroxyl groups excluding tert-OH is 2. The van der Waals surface area contributed by atoms with Crippen LogP contribution in [0.1, 0.15) is 22.9 Å². The SMILES string of the molecule is CCN1C(C(=O)Nc2ncc(C)s2)=C(O)c2ccccc2S1(=O)=O.COC(=O)C1=C(O)c2ccccc2S(=O)(=O)N1. The number of esters is 1. The first-order valence-electron chi connectivity index (χ1n) is 11.8. The Labute approximate surface area is 239 Å². The fourth-order valence-corrected chi connectivity index (χ4v) is 7.61. The smallest absolute Gasteiger partial charge is 0.359 e. The Kier molecular flexibility index (Phi) is 8.10. The van der Waals surface area contributed by atoms with Crippen LogP contribution in [0.4, 0.5) is 5.13 Å². The third-order valence-corrected chi connectivity index (χ3v) is 9.99. The lowest BCUT2D eigenvalue weighted by Crippen LogP contribution is -2.39. The molecule has 0 spiro atoms. The highest BCUT2D eigenvalue weighted by Crippen LogP contribution is 2.36. The molecule has 0 aliphatic carbocycles. The molecule has 0 atom stereocenters. The second-order valence-corrected chi connectivity index (χ2v) is 13.1. The summed E-state index contributed by atoms with van der Waals surface area (Å²) >= 11 is 1.26. The average Bonchev–Trinajstić information content (AvgIpc) is 3.36. The summed E-state index contributed by atoms with van der Waals surface area (Å²) in [6.07, 6.45) is 1.60. The van der Waals surface area contributed by atoms with Gasteiger partial charge in [0.25, 0.3) is 26.0 Å². The summed E-state index contributed by atoms with van der Waals surface area (Å²) in [4.78, 5) is 28.7. The van der Waals surface area contributed by atoms with Crippen molar-refractivity contribution in [2.45, 2.75) is 23.6 Å². The fraction of sp³-hybridized carbons (Fsp3) is 0.160. The maximum absolute atomic E-state index is 12.7. The minimum absolute atomic E-state index is 0.0143. The van der Waals surface area contributed by atoms with E-state index in [0.29, 0.717) is 5.13 Å². The summed E-state index contributed by atoms with van der Waals surface area (Å²) < 4.78 is 56.3. The number of aromatic nitrogens is 1. The molecular weight excluding hydrogens is 596 g/mol. The summed E-state index contributed by atoms with van der Waals surface area (Å²) in [6, 6.07) is 11.9. The molecule has 0 saturated heterocycles. The van der Waals surface area contributed by atoms with Crippen LogP contribution in [0.25, 0.3) is 11.5 Å². The van der Waals surface area contributed by atoms with Crippen LogP contribution in [0.2, 0.25) is 0 Å². The topological polar surface area (TPSA) is 192 Å². The van der Waals surface area contributed by atoms with E-state index < -0.39 is 43.4 Å². The van der Waals surface area contributed by atoms with Crippen LogP contribution in [0, 0.1) is 6.92 Å². The highest BCUT2D eigenvalue weighted by Gasteiger charge is 2.39. The number of hydrogen-bond acceptors (Lipinski definition) is 11. The van der Waals surface area contributed by atoms with Crippen LogP contribution in [-0.4, -0.2) is 61.9 Å². The molecule has 0 fully saturated rings. The number of benzene rings is 2. The summed E-state index contributed by atoms with van der Waals surface area (Å²) in [5, 5.41) is 23.2. The molecule has 0 radical (unpaired) electrons. The number of ether oxygens (including phenoxy) is 1. The number of sulfonamides is 2. The number of methoxy groups -OCH3 is 1. The van der Waals surface area contributed by atoms with Crippen molar-refractivity contribution in [1.82, 2.24) is 14.0 Å². The Morgan fingerprint density at radius 3 is 2.15 bits per heavy atom. The molecule has 1 aromatic heterocycles. The van der Waals surface area contributed by atoms with E-state index in [-0.39, 0.29) is 38.9 Å². The molecule has 3 aromatic rings. The first-order chi connectivity index (χ1) is 19.3. The van der Waals surface area contributed by atoms with E-state index in [4.69, 9.17) is 0 Å². The van der Waals surface area contributed by atoms with Gasteiger partial charge < -0.3 is 14.9 Å². The lowest BCUT2D eigenvalue weighted by molar-refractivity contribution is -0.136. The van der Waals surface area contributed by atoms with Gasteiger partial charge in [-0.1, -0.05) is 24.3 Å². The molecular formula is C25H24N4O9S3. The van der Waals surface area contributed by atoms with Gasteiger partial charge >= 0.3 is 5.97 Å². The molecule has 5 rings (SSSR count). The zero-order valence-corrected chi connectivity index (χ0v) is 24.2. The zero-order chi connectivity index (χ0) is 30.1. The third kappa shape index (κ3) is 5.48. The van der Waals surface area contributed by atoms with Crippen LogP contribution in [0.5, 0.6) is 0 Å². The van der Waals surface area contributed by atoms with Gasteiger partial charge in [-0.05, 0) is 38.1 Å². The molecule has 216 valence electrons. The summed E-state index contributed by atoms with van der Waals surface area (Å²) in [5.41, 5.74) is -0.593. The van der Waals surface area contributed by atoms with E-state index in [1.54, 1.807) is 31.3 Å². The maximum atomic E-state index is 12.7. The van der Waals surface area contributed by atoms with Crippen molar-refractivity contribution in [3.8, 4) is 0 Å². The minimum Gasteiger partial charge on any atom is -0.505 e. The van der Waals surface area contributed by atoms with Gasteiger partial charge in [0.2, 0.25) is 0 Å². The molecule has 0 unspecified atom stereocenters. The number of fused-ring (bicyclic) bond motifs is 2. The molecule has 1 amide bonds. The van der Waals surface area contributed by atoms with Crippen molar-refractivity contribution in [3.05, 3.63) is 82.1 Å². The molecule has 0 saturated carbocycles. The molecule has 2 aromatic carbocycles. The van der Waals surface area contributed by atoms with E-state index in [9.17, 15) is 36.6 Å². The summed E-state index contributed by atoms with van der Waals surface area (Å²) in [6.45, 7) is 3.45. The van der Waals surface area contributed by atoms with Crippen LogP contribution >= 0.6 is 11.3 Å². The van der Waals surface area contributed by atoms with E-state index >= 15 is 0 Å². The van der Waals surface area contributed by atoms with Crippen LogP contribution in [-0.2, 0) is 34.4 Å². The number of thiazole rings is 1. The quantitative estimate of drug-likeness (QED) is 0.315. The van der Waals surface area contributed by atoms with Crippen molar-refractivity contribution in [3.63, 3.8) is 0 Å². The molecule has 2 aliphatic heterocycles. The Morgan fingerprint density at radius 2 is 1.59 bits per heavy atom. The molecule has 4 N–H and O–H groups in total. The lowest BCUT2D eigenvalue weighted by atomic mass is 10.1. The normalized spacial score (nSPS) is 16.4. The van der Waals surface area contributed by atoms with Crippen molar-refractivity contribution in [2.75, 3.05) is 19.0 Å². The van der Waals surface area contributed by atoms with Crippen molar-refractivity contribution in [2.24, 2.45) is 0 Å². The second kappa shape index (κ2) is 11.2. The lowest BCUT2D eigenvalue weighted by Gasteiger charge is -2.30. The van der Waals surface area contributed by atoms with Gasteiger partial charge in [-0.3, -0.25) is 19.1 Å². The number of nitrogens with one attached hydrogen (secondary N) is 2. The van der Waals surface area contributed by atoms with Crippen molar-refractivity contribution in [1.29, 1.82) is 0 Å². The molecule has 3 heterocycles. The Balaban J connectivity index is 0.000000201. The third-order valence-electron chi connectivity index (χ3n) is 5.82. The van der Waals surface area contributed by atoms with Crippen LogP contribution < -0.4 is 10.0 Å². The molecule has 0 bridgehead atoms. The predicted octanol–water partition coefficient (Wildman–Crippen LogP) is 2.72. The number of carbonyl (C=O) groups is 2. The largest absolute Gasteiger partial charge is 0.505 e. The minimum atomic E-state index is -3.91. The van der Waals surface area contributed by atoms with Crippen LogP contribution in [0.3, 0.4) is 0 Å². The fourth-order valence-electron chi connectivity index (χ4n) is 4.00. The van der Waals surface area contributed by atoms with Gasteiger partial charge in [0.15, 0.2) is 28.0 Å². The number of anilines is 1. The van der Waals surface area contributed by atoms with Crippen molar-refractivity contribution < 1.29 is 41.4 Å². The zero-order valence-electron chi connectivity index (χ0n) is 21.8. The van der Waals surface area contributed by atoms with E-state index in [1.165, 1.54) is 41.7 Å². The van der Waals surface area contributed by atoms with Gasteiger partial charge in [0.05, 0.1) is 16.9 Å². The average molecular weight is 621 g/mol. The number of amides is 1. The number of aryl methyl sites for hydroxylation is 1. The number of likely N-dealkylation sites (N-methyl/N-ethyl adjacent to an activating group) is 1. The van der Waals surface area contributed by atoms with E-state index in [1.807, 2.05) is 11.6 Å². The highest BCUT2D eigenvalue weighted by atomic mass is 32.2. The number of aliphatic hydroxyl groups is 2. The maximum Gasteiger partial charge on any atom is 0.359 e. The standard InChI is InChI=1S/C15H15N3O4S2.C10H9NO5S/c1-3-18-12(14(20)17-15-16-8-9(2)23-15)13(19)10-6-4-5-7-11(10)24(18,21)22;1-16-10(13)8-9(12)6-4-2-3-5-7(6)17(14,15)11-8/h4-8,19H,3H2,1-2H3,(H,16,17,20);2-5,11-12H,1H3. The van der Waals surface area contributed by atoms with Crippen molar-refractivity contribution >= 4 is 59.9 Å². The van der Waals surface area contributed by atoms with Gasteiger partial charge in [-0.15, -0.1) is 11.3 Å². The van der Waals surface area contributed by atoms with Gasteiger partial charge in [-0.25, -0.2) is 26.6 Å². The second-order valence-electron chi connectivity index (χ2n) is 8.41. The van der Waals surface area contributed by atoms with E-state index in [0.717, 1.165) is 16.3 Å². The Bertz CT molecular complexity index is 1830. The summed E-state index contributed by atoms with van der Waals surface area (Å²) in [7, 11) is -6.66. The molecule has 41 heavy (non-hydrogen) atoms.